The van der Waals surface area contributed by atoms with Crippen molar-refractivity contribution in [3.8, 4) is 0 Å². The summed E-state index contributed by atoms with van der Waals surface area (Å²) in [5.41, 5.74) is 7.82. The first-order valence-corrected chi connectivity index (χ1v) is 16.8. The molecule has 0 saturated heterocycles. The van der Waals surface area contributed by atoms with Gasteiger partial charge in [0, 0.05) is 0 Å². The van der Waals surface area contributed by atoms with Crippen molar-refractivity contribution in [3.05, 3.63) is 35.4 Å². The molecule has 1 aromatic rings. The van der Waals surface area contributed by atoms with E-state index < -0.39 is 0 Å². The molecule has 0 spiro atoms. The fourth-order valence-electron chi connectivity index (χ4n) is 7.30. The molecule has 0 unspecified atom stereocenters. The molecule has 2 heteroatoms. The molecule has 1 aromatic carbocycles. The molecule has 166 valence electrons. The van der Waals surface area contributed by atoms with Crippen LogP contribution in [0.15, 0.2) is 24.3 Å². The zero-order chi connectivity index (χ0) is 20.2. The van der Waals surface area contributed by atoms with Gasteiger partial charge in [-0.2, -0.15) is 0 Å². The highest BCUT2D eigenvalue weighted by molar-refractivity contribution is 7.58. The zero-order valence-electron chi connectivity index (χ0n) is 19.2. The number of hydrogen-bond donors (Lipinski definition) is 0. The minimum absolute atomic E-state index is 0.216. The van der Waals surface area contributed by atoms with Crippen LogP contribution in [0.4, 0.5) is 0 Å². The third-order valence-corrected chi connectivity index (χ3v) is 16.2. The van der Waals surface area contributed by atoms with E-state index in [1.807, 2.05) is 0 Å². The van der Waals surface area contributed by atoms with Gasteiger partial charge < -0.3 is 0 Å². The minimum atomic E-state index is 0.216. The molecule has 0 amide bonds. The fraction of sp³-hybridized carbons (Fsp3) is 0.786. The average molecular weight is 443 g/mol. The van der Waals surface area contributed by atoms with Gasteiger partial charge in [-0.25, -0.2) is 0 Å². The lowest BCUT2D eigenvalue weighted by molar-refractivity contribution is 0.821. The number of rotatable bonds is 8. The Morgan fingerprint density at radius 3 is 1.10 bits per heavy atom. The summed E-state index contributed by atoms with van der Waals surface area (Å²) < 4.78 is 0. The first-order valence-electron chi connectivity index (χ1n) is 13.5. The molecule has 4 aliphatic carbocycles. The predicted octanol–water partition coefficient (Wildman–Crippen LogP) is 9.42. The lowest BCUT2D eigenvalue weighted by atomic mass is 10.2. The molecule has 0 N–H and O–H groups in total. The molecule has 30 heavy (non-hydrogen) atoms. The molecule has 0 radical (unpaired) electrons. The monoisotopic (exact) mass is 442 g/mol. The van der Waals surface area contributed by atoms with Gasteiger partial charge in [-0.1, -0.05) is 91.5 Å². The molecule has 4 aliphatic rings. The van der Waals surface area contributed by atoms with Crippen molar-refractivity contribution >= 4 is 15.8 Å². The van der Waals surface area contributed by atoms with Crippen molar-refractivity contribution in [1.29, 1.82) is 0 Å². The summed E-state index contributed by atoms with van der Waals surface area (Å²) >= 11 is 0. The van der Waals surface area contributed by atoms with E-state index in [1.54, 1.807) is 62.5 Å². The summed E-state index contributed by atoms with van der Waals surface area (Å²) in [5.74, 6) is 0. The Balaban J connectivity index is 1.29. The second-order valence-corrected chi connectivity index (χ2v) is 16.5. The SMILES string of the molecule is c1cc(CP(C2CCCC2)C2CCCC2)cc(CP(C2CCCC2)C2CCCC2)c1. The first-order chi connectivity index (χ1) is 14.9. The van der Waals surface area contributed by atoms with Crippen molar-refractivity contribution in [1.82, 2.24) is 0 Å². The van der Waals surface area contributed by atoms with Crippen LogP contribution >= 0.6 is 15.8 Å². The van der Waals surface area contributed by atoms with Crippen LogP contribution in [-0.2, 0) is 12.3 Å². The van der Waals surface area contributed by atoms with Crippen LogP contribution in [0.2, 0.25) is 0 Å². The van der Waals surface area contributed by atoms with Crippen molar-refractivity contribution in [3.63, 3.8) is 0 Å². The molecule has 4 fully saturated rings. The maximum Gasteiger partial charge on any atom is -0.00680 e. The molecule has 5 rings (SSSR count). The van der Waals surface area contributed by atoms with Crippen LogP contribution in [0.25, 0.3) is 0 Å². The Kier molecular flexibility index (Phi) is 7.88. The molecule has 0 bridgehead atoms. The van der Waals surface area contributed by atoms with Crippen LogP contribution in [0.3, 0.4) is 0 Å². The van der Waals surface area contributed by atoms with Crippen molar-refractivity contribution in [2.75, 3.05) is 0 Å². The maximum atomic E-state index is 2.69. The summed E-state index contributed by atoms with van der Waals surface area (Å²) in [7, 11) is 0.432. The number of hydrogen-bond acceptors (Lipinski definition) is 0. The smallest absolute Gasteiger partial charge is 0.00680 e. The van der Waals surface area contributed by atoms with Gasteiger partial charge in [-0.15, -0.1) is 0 Å². The van der Waals surface area contributed by atoms with Crippen molar-refractivity contribution in [2.45, 2.75) is 138 Å². The van der Waals surface area contributed by atoms with Gasteiger partial charge in [0.15, 0.2) is 0 Å². The van der Waals surface area contributed by atoms with Gasteiger partial charge in [0.05, 0.1) is 0 Å². The lowest BCUT2D eigenvalue weighted by Gasteiger charge is -2.31. The van der Waals surface area contributed by atoms with E-state index in [0.29, 0.717) is 0 Å². The highest BCUT2D eigenvalue weighted by atomic mass is 31.1. The Hall–Kier alpha value is 0.0800. The standard InChI is InChI=1S/C28H44P2/c1-2-13-25(12-1)29(26-14-3-4-15-26)21-23-10-9-11-24(20-23)22-30(27-16-5-6-17-27)28-18-7-8-19-28/h9-11,20,25-28H,1-8,12-19,21-22H2. The molecule has 0 aliphatic heterocycles. The maximum absolute atomic E-state index is 2.69. The summed E-state index contributed by atoms with van der Waals surface area (Å²) in [5, 5.41) is 0. The molecule has 0 aromatic heterocycles. The van der Waals surface area contributed by atoms with Crippen molar-refractivity contribution < 1.29 is 0 Å². The zero-order valence-corrected chi connectivity index (χ0v) is 21.0. The minimum Gasteiger partial charge on any atom is -0.0958 e. The van der Waals surface area contributed by atoms with E-state index in [4.69, 9.17) is 0 Å². The van der Waals surface area contributed by atoms with Crippen LogP contribution in [-0.4, -0.2) is 22.6 Å². The van der Waals surface area contributed by atoms with Gasteiger partial charge in [0.25, 0.3) is 0 Å². The first kappa shape index (κ1) is 21.9. The van der Waals surface area contributed by atoms with E-state index in [1.165, 1.54) is 63.7 Å². The third kappa shape index (κ3) is 5.34. The van der Waals surface area contributed by atoms with Crippen LogP contribution in [0, 0.1) is 0 Å². The third-order valence-electron chi connectivity index (χ3n) is 8.90. The van der Waals surface area contributed by atoms with Gasteiger partial charge in [0.2, 0.25) is 0 Å². The Labute approximate surface area is 188 Å². The summed E-state index contributed by atoms with van der Waals surface area (Å²) in [4.78, 5) is 0. The van der Waals surface area contributed by atoms with Crippen LogP contribution < -0.4 is 0 Å². The molecule has 0 atom stereocenters. The van der Waals surface area contributed by atoms with E-state index in [-0.39, 0.29) is 15.8 Å². The van der Waals surface area contributed by atoms with Crippen LogP contribution in [0.1, 0.15) is 114 Å². The van der Waals surface area contributed by atoms with E-state index in [9.17, 15) is 0 Å². The van der Waals surface area contributed by atoms with Crippen LogP contribution in [0.5, 0.6) is 0 Å². The normalized spacial score (nSPS) is 24.9. The Morgan fingerprint density at radius 1 is 0.500 bits per heavy atom. The molecular formula is C28H44P2. The van der Waals surface area contributed by atoms with E-state index >= 15 is 0 Å². The van der Waals surface area contributed by atoms with Gasteiger partial charge >= 0.3 is 0 Å². The molecule has 4 saturated carbocycles. The quantitative estimate of drug-likeness (QED) is 0.352. The highest BCUT2D eigenvalue weighted by Gasteiger charge is 2.34. The van der Waals surface area contributed by atoms with Gasteiger partial charge in [-0.05, 0) is 97.5 Å². The summed E-state index contributed by atoms with van der Waals surface area (Å²) in [6, 6.07) is 10.1. The molecule has 0 heterocycles. The average Bonchev–Trinajstić information content (AvgIpc) is 3.60. The van der Waals surface area contributed by atoms with E-state index in [0.717, 1.165) is 22.6 Å². The van der Waals surface area contributed by atoms with E-state index in [2.05, 4.69) is 24.3 Å². The Bertz CT molecular complexity index is 561. The van der Waals surface area contributed by atoms with Gasteiger partial charge in [0.1, 0.15) is 0 Å². The molecule has 0 nitrogen and oxygen atoms in total. The summed E-state index contributed by atoms with van der Waals surface area (Å²) in [6.45, 7) is 0. The highest BCUT2D eigenvalue weighted by Crippen LogP contribution is 2.60. The molecular weight excluding hydrogens is 398 g/mol. The largest absolute Gasteiger partial charge is 0.0958 e. The second-order valence-electron chi connectivity index (χ2n) is 10.9. The topological polar surface area (TPSA) is 0 Å². The van der Waals surface area contributed by atoms with Gasteiger partial charge in [-0.3, -0.25) is 0 Å². The lowest BCUT2D eigenvalue weighted by Crippen LogP contribution is -2.12. The fourth-order valence-corrected chi connectivity index (χ4v) is 14.9. The Morgan fingerprint density at radius 2 is 0.800 bits per heavy atom. The summed E-state index contributed by atoms with van der Waals surface area (Å²) in [6.07, 6.45) is 27.5. The predicted molar refractivity (Wildman–Crippen MR) is 137 cm³/mol. The number of benzene rings is 1. The second kappa shape index (κ2) is 10.8. The van der Waals surface area contributed by atoms with Crippen molar-refractivity contribution in [2.24, 2.45) is 0 Å².